The molecule has 0 bridgehead atoms. The standard InChI is InChI=1S/C16H15Cl2NO2/c1-2-8-21-15-13(17)9-11(10-14(15)18)16(20)19-12-6-4-3-5-7-12/h3-7,9-10H,2,8H2,1H3,(H,19,20). The van der Waals surface area contributed by atoms with Gasteiger partial charge in [0.1, 0.15) is 0 Å². The van der Waals surface area contributed by atoms with Gasteiger partial charge >= 0.3 is 0 Å². The van der Waals surface area contributed by atoms with Gasteiger partial charge in [0, 0.05) is 11.3 Å². The van der Waals surface area contributed by atoms with Crippen molar-refractivity contribution >= 4 is 34.8 Å². The van der Waals surface area contributed by atoms with E-state index >= 15 is 0 Å². The van der Waals surface area contributed by atoms with Crippen molar-refractivity contribution in [2.24, 2.45) is 0 Å². The van der Waals surface area contributed by atoms with Crippen molar-refractivity contribution < 1.29 is 9.53 Å². The Morgan fingerprint density at radius 3 is 2.33 bits per heavy atom. The Balaban J connectivity index is 2.19. The number of rotatable bonds is 5. The van der Waals surface area contributed by atoms with E-state index in [0.717, 1.165) is 6.42 Å². The third kappa shape index (κ3) is 4.13. The van der Waals surface area contributed by atoms with Crippen LogP contribution in [0.3, 0.4) is 0 Å². The fraction of sp³-hybridized carbons (Fsp3) is 0.188. The zero-order chi connectivity index (χ0) is 15.2. The molecule has 2 aromatic rings. The quantitative estimate of drug-likeness (QED) is 0.837. The number of halogens is 2. The molecule has 0 fully saturated rings. The smallest absolute Gasteiger partial charge is 0.255 e. The summed E-state index contributed by atoms with van der Waals surface area (Å²) in [6.45, 7) is 2.51. The minimum absolute atomic E-state index is 0.271. The first kappa shape index (κ1) is 15.7. The topological polar surface area (TPSA) is 38.3 Å². The number of para-hydroxylation sites is 1. The normalized spacial score (nSPS) is 10.2. The highest BCUT2D eigenvalue weighted by atomic mass is 35.5. The second-order valence-electron chi connectivity index (χ2n) is 4.44. The third-order valence-corrected chi connectivity index (χ3v) is 3.30. The molecule has 3 nitrogen and oxygen atoms in total. The Morgan fingerprint density at radius 2 is 1.76 bits per heavy atom. The molecule has 0 aliphatic carbocycles. The molecule has 0 aliphatic rings. The molecule has 2 rings (SSSR count). The van der Waals surface area contributed by atoms with Crippen LogP contribution in [0, 0.1) is 0 Å². The molecule has 5 heteroatoms. The lowest BCUT2D eigenvalue weighted by molar-refractivity contribution is 0.102. The highest BCUT2D eigenvalue weighted by molar-refractivity contribution is 6.37. The number of anilines is 1. The summed E-state index contributed by atoms with van der Waals surface area (Å²) < 4.78 is 5.47. The summed E-state index contributed by atoms with van der Waals surface area (Å²) in [4.78, 5) is 12.2. The average Bonchev–Trinajstić information content (AvgIpc) is 2.47. The lowest BCUT2D eigenvalue weighted by Gasteiger charge is -2.11. The Labute approximate surface area is 133 Å². The summed E-state index contributed by atoms with van der Waals surface area (Å²) in [6, 6.07) is 12.3. The van der Waals surface area contributed by atoms with Crippen molar-refractivity contribution in [3.8, 4) is 5.75 Å². The molecule has 0 radical (unpaired) electrons. The van der Waals surface area contributed by atoms with Crippen LogP contribution in [-0.2, 0) is 0 Å². The Morgan fingerprint density at radius 1 is 1.14 bits per heavy atom. The molecule has 0 spiro atoms. The van der Waals surface area contributed by atoms with Gasteiger partial charge in [-0.2, -0.15) is 0 Å². The van der Waals surface area contributed by atoms with Crippen LogP contribution in [0.25, 0.3) is 0 Å². The molecule has 0 aromatic heterocycles. The van der Waals surface area contributed by atoms with Gasteiger partial charge in [0.15, 0.2) is 5.75 Å². The van der Waals surface area contributed by atoms with E-state index in [-0.39, 0.29) is 5.91 Å². The van der Waals surface area contributed by atoms with Crippen LogP contribution in [0.1, 0.15) is 23.7 Å². The summed E-state index contributed by atoms with van der Waals surface area (Å²) in [6.07, 6.45) is 0.850. The maximum atomic E-state index is 12.2. The molecular formula is C16H15Cl2NO2. The van der Waals surface area contributed by atoms with Gasteiger partial charge in [0.05, 0.1) is 16.7 Å². The van der Waals surface area contributed by atoms with Crippen LogP contribution < -0.4 is 10.1 Å². The van der Waals surface area contributed by atoms with Gasteiger partial charge in [-0.1, -0.05) is 48.3 Å². The van der Waals surface area contributed by atoms with E-state index in [1.165, 1.54) is 0 Å². The summed E-state index contributed by atoms with van der Waals surface area (Å²) in [5, 5.41) is 3.43. The summed E-state index contributed by atoms with van der Waals surface area (Å²) >= 11 is 12.3. The number of nitrogens with one attached hydrogen (secondary N) is 1. The van der Waals surface area contributed by atoms with Gasteiger partial charge in [0.2, 0.25) is 0 Å². The van der Waals surface area contributed by atoms with Crippen LogP contribution in [0.2, 0.25) is 10.0 Å². The van der Waals surface area contributed by atoms with Gasteiger partial charge in [-0.05, 0) is 30.7 Å². The number of ether oxygens (including phenoxy) is 1. The van der Waals surface area contributed by atoms with E-state index in [4.69, 9.17) is 27.9 Å². The Bertz CT molecular complexity index is 606. The van der Waals surface area contributed by atoms with Crippen LogP contribution in [-0.4, -0.2) is 12.5 Å². The molecule has 1 N–H and O–H groups in total. The van der Waals surface area contributed by atoms with Crippen molar-refractivity contribution in [2.75, 3.05) is 11.9 Å². The van der Waals surface area contributed by atoms with Crippen molar-refractivity contribution in [1.82, 2.24) is 0 Å². The lowest BCUT2D eigenvalue weighted by atomic mass is 10.2. The molecule has 2 aromatic carbocycles. The van der Waals surface area contributed by atoms with Gasteiger partial charge < -0.3 is 10.1 Å². The van der Waals surface area contributed by atoms with Crippen LogP contribution in [0.15, 0.2) is 42.5 Å². The van der Waals surface area contributed by atoms with Crippen molar-refractivity contribution in [3.63, 3.8) is 0 Å². The maximum Gasteiger partial charge on any atom is 0.255 e. The highest BCUT2D eigenvalue weighted by Gasteiger charge is 2.14. The predicted octanol–water partition coefficient (Wildman–Crippen LogP) is 5.03. The fourth-order valence-corrected chi connectivity index (χ4v) is 2.35. The number of carbonyl (C=O) groups excluding carboxylic acids is 1. The fourth-order valence-electron chi connectivity index (χ4n) is 1.76. The molecular weight excluding hydrogens is 309 g/mol. The van der Waals surface area contributed by atoms with Crippen LogP contribution in [0.5, 0.6) is 5.75 Å². The molecule has 110 valence electrons. The second kappa shape index (κ2) is 7.34. The lowest BCUT2D eigenvalue weighted by Crippen LogP contribution is -2.12. The number of amides is 1. The average molecular weight is 324 g/mol. The zero-order valence-corrected chi connectivity index (χ0v) is 13.0. The first-order chi connectivity index (χ1) is 10.1. The minimum atomic E-state index is -0.271. The molecule has 0 unspecified atom stereocenters. The Hall–Kier alpha value is -1.71. The molecule has 0 atom stereocenters. The third-order valence-electron chi connectivity index (χ3n) is 2.74. The molecule has 0 saturated heterocycles. The number of hydrogen-bond donors (Lipinski definition) is 1. The number of hydrogen-bond acceptors (Lipinski definition) is 2. The molecule has 0 heterocycles. The van der Waals surface area contributed by atoms with Crippen LogP contribution in [0.4, 0.5) is 5.69 Å². The maximum absolute atomic E-state index is 12.2. The minimum Gasteiger partial charge on any atom is -0.490 e. The van der Waals surface area contributed by atoms with Gasteiger partial charge in [-0.3, -0.25) is 4.79 Å². The van der Waals surface area contributed by atoms with E-state index in [1.807, 2.05) is 25.1 Å². The van der Waals surface area contributed by atoms with E-state index in [2.05, 4.69) is 5.32 Å². The molecule has 21 heavy (non-hydrogen) atoms. The first-order valence-corrected chi connectivity index (χ1v) is 7.35. The van der Waals surface area contributed by atoms with E-state index in [0.29, 0.717) is 33.7 Å². The largest absolute Gasteiger partial charge is 0.490 e. The molecule has 0 aliphatic heterocycles. The Kier molecular flexibility index (Phi) is 5.48. The molecule has 1 amide bonds. The van der Waals surface area contributed by atoms with Crippen molar-refractivity contribution in [2.45, 2.75) is 13.3 Å². The van der Waals surface area contributed by atoms with Gasteiger partial charge in [-0.25, -0.2) is 0 Å². The number of benzene rings is 2. The summed E-state index contributed by atoms with van der Waals surface area (Å²) in [5.74, 6) is 0.142. The predicted molar refractivity (Wildman–Crippen MR) is 86.6 cm³/mol. The highest BCUT2D eigenvalue weighted by Crippen LogP contribution is 2.34. The van der Waals surface area contributed by atoms with Gasteiger partial charge in [0.25, 0.3) is 5.91 Å². The SMILES string of the molecule is CCCOc1c(Cl)cc(C(=O)Nc2ccccc2)cc1Cl. The summed E-state index contributed by atoms with van der Waals surface area (Å²) in [7, 11) is 0. The summed E-state index contributed by atoms with van der Waals surface area (Å²) in [5.41, 5.74) is 1.10. The van der Waals surface area contributed by atoms with Crippen molar-refractivity contribution in [3.05, 3.63) is 58.1 Å². The zero-order valence-electron chi connectivity index (χ0n) is 11.5. The van der Waals surface area contributed by atoms with E-state index in [1.54, 1.807) is 24.3 Å². The van der Waals surface area contributed by atoms with Gasteiger partial charge in [-0.15, -0.1) is 0 Å². The molecule has 0 saturated carbocycles. The second-order valence-corrected chi connectivity index (χ2v) is 5.25. The number of carbonyl (C=O) groups is 1. The van der Waals surface area contributed by atoms with E-state index in [9.17, 15) is 4.79 Å². The van der Waals surface area contributed by atoms with Crippen molar-refractivity contribution in [1.29, 1.82) is 0 Å². The van der Waals surface area contributed by atoms with Crippen LogP contribution >= 0.6 is 23.2 Å². The monoisotopic (exact) mass is 323 g/mol. The first-order valence-electron chi connectivity index (χ1n) is 6.60. The van der Waals surface area contributed by atoms with E-state index < -0.39 is 0 Å².